The highest BCUT2D eigenvalue weighted by atomic mass is 16.2. The van der Waals surface area contributed by atoms with Crippen LogP contribution >= 0.6 is 0 Å². The Bertz CT molecular complexity index is 410. The third-order valence-corrected chi connectivity index (χ3v) is 4.28. The summed E-state index contributed by atoms with van der Waals surface area (Å²) in [6.07, 6.45) is 9.36. The van der Waals surface area contributed by atoms with Crippen molar-refractivity contribution in [3.63, 3.8) is 0 Å². The van der Waals surface area contributed by atoms with E-state index in [1.165, 1.54) is 31.2 Å². The molecule has 2 rings (SSSR count). The minimum atomic E-state index is 0.00228. The summed E-state index contributed by atoms with van der Waals surface area (Å²) in [6.45, 7) is 2.08. The van der Waals surface area contributed by atoms with Crippen LogP contribution in [-0.4, -0.2) is 18.1 Å². The van der Waals surface area contributed by atoms with Gasteiger partial charge in [0.05, 0.1) is 0 Å². The van der Waals surface area contributed by atoms with Crippen molar-refractivity contribution in [1.29, 1.82) is 0 Å². The SMILES string of the molecule is CC(CCc1ccccc1)NC(=O)NC1CCCCCC1. The Morgan fingerprint density at radius 2 is 1.81 bits per heavy atom. The minimum absolute atomic E-state index is 0.00228. The molecule has 0 aliphatic heterocycles. The topological polar surface area (TPSA) is 41.1 Å². The van der Waals surface area contributed by atoms with Crippen LogP contribution in [-0.2, 0) is 6.42 Å². The number of hydrogen-bond acceptors (Lipinski definition) is 1. The molecule has 1 atom stereocenters. The Balaban J connectivity index is 1.66. The number of carbonyl (C=O) groups is 1. The maximum atomic E-state index is 12.0. The molecule has 1 aliphatic carbocycles. The third kappa shape index (κ3) is 6.19. The average molecular weight is 288 g/mol. The molecule has 0 aromatic heterocycles. The second-order valence-electron chi connectivity index (χ2n) is 6.23. The Morgan fingerprint density at radius 3 is 2.48 bits per heavy atom. The van der Waals surface area contributed by atoms with E-state index in [2.05, 4.69) is 41.8 Å². The molecule has 1 aliphatic rings. The first-order valence-electron chi connectivity index (χ1n) is 8.35. The van der Waals surface area contributed by atoms with Gasteiger partial charge < -0.3 is 10.6 Å². The molecule has 21 heavy (non-hydrogen) atoms. The van der Waals surface area contributed by atoms with Crippen molar-refractivity contribution in [2.75, 3.05) is 0 Å². The Morgan fingerprint density at radius 1 is 1.14 bits per heavy atom. The van der Waals surface area contributed by atoms with Crippen molar-refractivity contribution >= 4 is 6.03 Å². The first kappa shape index (κ1) is 15.9. The van der Waals surface area contributed by atoms with Gasteiger partial charge in [-0.3, -0.25) is 0 Å². The Kier molecular flexibility index (Phi) is 6.58. The molecular formula is C18H28N2O. The number of urea groups is 1. The summed E-state index contributed by atoms with van der Waals surface area (Å²) in [6, 6.07) is 11.0. The minimum Gasteiger partial charge on any atom is -0.336 e. The molecule has 2 N–H and O–H groups in total. The molecule has 0 bridgehead atoms. The molecule has 2 amide bonds. The summed E-state index contributed by atoms with van der Waals surface area (Å²) in [5.41, 5.74) is 1.33. The van der Waals surface area contributed by atoms with Gasteiger partial charge in [-0.05, 0) is 38.2 Å². The van der Waals surface area contributed by atoms with E-state index in [-0.39, 0.29) is 12.1 Å². The number of benzene rings is 1. The monoisotopic (exact) mass is 288 g/mol. The number of nitrogens with one attached hydrogen (secondary N) is 2. The molecule has 3 nitrogen and oxygen atoms in total. The lowest BCUT2D eigenvalue weighted by molar-refractivity contribution is 0.232. The molecular weight excluding hydrogens is 260 g/mol. The van der Waals surface area contributed by atoms with Crippen molar-refractivity contribution in [3.8, 4) is 0 Å². The molecule has 1 aromatic rings. The normalized spacial score (nSPS) is 17.8. The van der Waals surface area contributed by atoms with Gasteiger partial charge in [0, 0.05) is 12.1 Å². The highest BCUT2D eigenvalue weighted by Crippen LogP contribution is 2.17. The molecule has 116 valence electrons. The van der Waals surface area contributed by atoms with Crippen LogP contribution in [0.1, 0.15) is 57.4 Å². The first-order valence-corrected chi connectivity index (χ1v) is 8.35. The van der Waals surface area contributed by atoms with E-state index >= 15 is 0 Å². The number of rotatable bonds is 5. The summed E-state index contributed by atoms with van der Waals surface area (Å²) in [5, 5.41) is 6.21. The van der Waals surface area contributed by atoms with Gasteiger partial charge in [0.2, 0.25) is 0 Å². The molecule has 0 radical (unpaired) electrons. The van der Waals surface area contributed by atoms with Crippen molar-refractivity contribution in [2.24, 2.45) is 0 Å². The lowest BCUT2D eigenvalue weighted by atomic mass is 10.1. The average Bonchev–Trinajstić information content (AvgIpc) is 2.75. The van der Waals surface area contributed by atoms with E-state index in [1.54, 1.807) is 0 Å². The van der Waals surface area contributed by atoms with E-state index in [0.717, 1.165) is 25.7 Å². The van der Waals surface area contributed by atoms with Crippen molar-refractivity contribution in [1.82, 2.24) is 10.6 Å². The molecule has 1 fully saturated rings. The van der Waals surface area contributed by atoms with Crippen LogP contribution in [0, 0.1) is 0 Å². The van der Waals surface area contributed by atoms with Crippen LogP contribution < -0.4 is 10.6 Å². The van der Waals surface area contributed by atoms with E-state index in [0.29, 0.717) is 6.04 Å². The summed E-state index contributed by atoms with van der Waals surface area (Å²) in [4.78, 5) is 12.0. The highest BCUT2D eigenvalue weighted by Gasteiger charge is 2.15. The van der Waals surface area contributed by atoms with Crippen molar-refractivity contribution < 1.29 is 4.79 Å². The van der Waals surface area contributed by atoms with Gasteiger partial charge in [-0.25, -0.2) is 4.79 Å². The Hall–Kier alpha value is -1.51. The van der Waals surface area contributed by atoms with Crippen molar-refractivity contribution in [2.45, 2.75) is 70.4 Å². The Labute approximate surface area is 128 Å². The van der Waals surface area contributed by atoms with Gasteiger partial charge in [-0.1, -0.05) is 56.0 Å². The van der Waals surface area contributed by atoms with Crippen LogP contribution in [0.2, 0.25) is 0 Å². The van der Waals surface area contributed by atoms with E-state index < -0.39 is 0 Å². The van der Waals surface area contributed by atoms with Gasteiger partial charge in [0.1, 0.15) is 0 Å². The van der Waals surface area contributed by atoms with Crippen LogP contribution in [0.5, 0.6) is 0 Å². The standard InChI is InChI=1S/C18H28N2O/c1-15(13-14-16-9-5-4-6-10-16)19-18(21)20-17-11-7-2-3-8-12-17/h4-6,9-10,15,17H,2-3,7-8,11-14H2,1H3,(H2,19,20,21). The van der Waals surface area contributed by atoms with Crippen LogP contribution in [0.25, 0.3) is 0 Å². The molecule has 1 saturated carbocycles. The largest absolute Gasteiger partial charge is 0.336 e. The van der Waals surface area contributed by atoms with Gasteiger partial charge in [-0.2, -0.15) is 0 Å². The van der Waals surface area contributed by atoms with Crippen LogP contribution in [0.3, 0.4) is 0 Å². The zero-order chi connectivity index (χ0) is 14.9. The summed E-state index contributed by atoms with van der Waals surface area (Å²) < 4.78 is 0. The fraction of sp³-hybridized carbons (Fsp3) is 0.611. The van der Waals surface area contributed by atoms with E-state index in [9.17, 15) is 4.79 Å². The number of aryl methyl sites for hydroxylation is 1. The highest BCUT2D eigenvalue weighted by molar-refractivity contribution is 5.74. The molecule has 1 unspecified atom stereocenters. The maximum Gasteiger partial charge on any atom is 0.315 e. The second-order valence-corrected chi connectivity index (χ2v) is 6.23. The fourth-order valence-electron chi connectivity index (χ4n) is 2.97. The fourth-order valence-corrected chi connectivity index (χ4v) is 2.97. The van der Waals surface area contributed by atoms with Crippen LogP contribution in [0.4, 0.5) is 4.79 Å². The predicted molar refractivity (Wildman–Crippen MR) is 87.4 cm³/mol. The lowest BCUT2D eigenvalue weighted by Crippen LogP contribution is -2.45. The summed E-state index contributed by atoms with van der Waals surface area (Å²) >= 11 is 0. The van der Waals surface area contributed by atoms with Crippen LogP contribution in [0.15, 0.2) is 30.3 Å². The van der Waals surface area contributed by atoms with E-state index in [4.69, 9.17) is 0 Å². The van der Waals surface area contributed by atoms with Gasteiger partial charge >= 0.3 is 6.03 Å². The lowest BCUT2D eigenvalue weighted by Gasteiger charge is -2.19. The van der Waals surface area contributed by atoms with Gasteiger partial charge in [0.15, 0.2) is 0 Å². The van der Waals surface area contributed by atoms with Gasteiger partial charge in [-0.15, -0.1) is 0 Å². The smallest absolute Gasteiger partial charge is 0.315 e. The number of carbonyl (C=O) groups excluding carboxylic acids is 1. The third-order valence-electron chi connectivity index (χ3n) is 4.28. The molecule has 3 heteroatoms. The second kappa shape index (κ2) is 8.71. The zero-order valence-electron chi connectivity index (χ0n) is 13.1. The zero-order valence-corrected chi connectivity index (χ0v) is 13.1. The molecule has 0 spiro atoms. The molecule has 1 aromatic carbocycles. The summed E-state index contributed by atoms with van der Waals surface area (Å²) in [5.74, 6) is 0. The molecule has 0 heterocycles. The number of amides is 2. The van der Waals surface area contributed by atoms with Gasteiger partial charge in [0.25, 0.3) is 0 Å². The maximum absolute atomic E-state index is 12.0. The quantitative estimate of drug-likeness (QED) is 0.789. The number of hydrogen-bond donors (Lipinski definition) is 2. The predicted octanol–water partition coefficient (Wildman–Crippen LogP) is 4.03. The first-order chi connectivity index (χ1) is 10.2. The van der Waals surface area contributed by atoms with Crippen molar-refractivity contribution in [3.05, 3.63) is 35.9 Å². The molecule has 0 saturated heterocycles. The van der Waals surface area contributed by atoms with E-state index in [1.807, 2.05) is 6.07 Å². The summed E-state index contributed by atoms with van der Waals surface area (Å²) in [7, 11) is 0.